The van der Waals surface area contributed by atoms with Gasteiger partial charge in [-0.2, -0.15) is 0 Å². The number of benzene rings is 1. The van der Waals surface area contributed by atoms with Crippen LogP contribution >= 0.6 is 23.4 Å². The minimum absolute atomic E-state index is 0.0174. The minimum atomic E-state index is -0.363. The van der Waals surface area contributed by atoms with E-state index < -0.39 is 0 Å². The monoisotopic (exact) mass is 394 g/mol. The summed E-state index contributed by atoms with van der Waals surface area (Å²) in [5.41, 5.74) is 0.764. The lowest BCUT2D eigenvalue weighted by Crippen LogP contribution is -2.47. The molecule has 4 nitrogen and oxygen atoms in total. The number of amides is 2. The number of halogens is 1. The summed E-state index contributed by atoms with van der Waals surface area (Å²) in [4.78, 5) is 28.3. The van der Waals surface area contributed by atoms with Crippen LogP contribution in [0.4, 0.5) is 0 Å². The number of carbonyl (C=O) groups is 2. The zero-order valence-corrected chi connectivity index (χ0v) is 17.3. The minimum Gasteiger partial charge on any atom is -0.349 e. The number of likely N-dealkylation sites (tertiary alicyclic amines) is 1. The van der Waals surface area contributed by atoms with Crippen molar-refractivity contribution < 1.29 is 9.59 Å². The highest BCUT2D eigenvalue weighted by molar-refractivity contribution is 7.99. The van der Waals surface area contributed by atoms with Gasteiger partial charge < -0.3 is 10.2 Å². The van der Waals surface area contributed by atoms with E-state index in [0.717, 1.165) is 30.6 Å². The fraction of sp³-hybridized carbons (Fsp3) is 0.600. The summed E-state index contributed by atoms with van der Waals surface area (Å²) in [6.45, 7) is 7.15. The van der Waals surface area contributed by atoms with Crippen LogP contribution in [-0.4, -0.2) is 35.6 Å². The highest BCUT2D eigenvalue weighted by atomic mass is 35.5. The Morgan fingerprint density at radius 1 is 1.19 bits per heavy atom. The zero-order valence-electron chi connectivity index (χ0n) is 15.7. The molecule has 0 radical (unpaired) electrons. The molecule has 2 aliphatic rings. The number of hydrogen-bond acceptors (Lipinski definition) is 3. The molecule has 0 aliphatic carbocycles. The van der Waals surface area contributed by atoms with Gasteiger partial charge in [0.1, 0.15) is 0 Å². The van der Waals surface area contributed by atoms with Gasteiger partial charge in [-0.3, -0.25) is 9.59 Å². The Labute approximate surface area is 165 Å². The third-order valence-corrected chi connectivity index (χ3v) is 6.48. The largest absolute Gasteiger partial charge is 0.349 e. The van der Waals surface area contributed by atoms with Crippen molar-refractivity contribution >= 4 is 35.2 Å². The molecule has 0 bridgehead atoms. The molecule has 2 heterocycles. The number of nitrogens with one attached hydrogen (secondary N) is 1. The zero-order chi connectivity index (χ0) is 18.9. The number of piperidine rings is 1. The molecule has 142 valence electrons. The first kappa shape index (κ1) is 19.6. The summed E-state index contributed by atoms with van der Waals surface area (Å²) in [5.74, 6) is 1.26. The fourth-order valence-corrected chi connectivity index (χ4v) is 4.91. The van der Waals surface area contributed by atoms with Crippen LogP contribution in [0.15, 0.2) is 23.1 Å². The van der Waals surface area contributed by atoms with Crippen molar-refractivity contribution in [1.29, 1.82) is 0 Å². The van der Waals surface area contributed by atoms with Gasteiger partial charge in [-0.1, -0.05) is 32.4 Å². The predicted octanol–water partition coefficient (Wildman–Crippen LogP) is 4.28. The molecule has 1 unspecified atom stereocenters. The average molecular weight is 395 g/mol. The SMILES string of the molecule is CC(C)(C)C(=O)N1CCC(C(=O)NC2CCSc3ccc(Cl)cc32)CC1. The summed E-state index contributed by atoms with van der Waals surface area (Å²) in [6, 6.07) is 5.95. The Balaban J connectivity index is 1.59. The fourth-order valence-electron chi connectivity index (χ4n) is 3.62. The van der Waals surface area contributed by atoms with Gasteiger partial charge in [0.2, 0.25) is 11.8 Å². The number of nitrogens with zero attached hydrogens (tertiary/aromatic N) is 1. The number of hydrogen-bond donors (Lipinski definition) is 1. The first-order chi connectivity index (χ1) is 12.3. The van der Waals surface area contributed by atoms with Gasteiger partial charge in [-0.05, 0) is 43.0 Å². The summed E-state index contributed by atoms with van der Waals surface area (Å²) >= 11 is 7.97. The molecule has 2 amide bonds. The van der Waals surface area contributed by atoms with E-state index in [9.17, 15) is 9.59 Å². The molecule has 2 aliphatic heterocycles. The lowest BCUT2D eigenvalue weighted by Gasteiger charge is -2.36. The third-order valence-electron chi connectivity index (χ3n) is 5.12. The van der Waals surface area contributed by atoms with E-state index in [4.69, 9.17) is 11.6 Å². The van der Waals surface area contributed by atoms with E-state index in [1.165, 1.54) is 4.90 Å². The second-order valence-electron chi connectivity index (χ2n) is 8.20. The van der Waals surface area contributed by atoms with E-state index in [1.54, 1.807) is 0 Å². The van der Waals surface area contributed by atoms with Crippen LogP contribution in [0.2, 0.25) is 5.02 Å². The summed E-state index contributed by atoms with van der Waals surface area (Å²) in [7, 11) is 0. The number of carbonyl (C=O) groups excluding carboxylic acids is 2. The molecule has 3 rings (SSSR count). The van der Waals surface area contributed by atoms with Crippen molar-refractivity contribution in [3.8, 4) is 0 Å². The first-order valence-corrected chi connectivity index (χ1v) is 10.6. The van der Waals surface area contributed by atoms with E-state index in [2.05, 4.69) is 5.32 Å². The average Bonchev–Trinajstić information content (AvgIpc) is 2.61. The van der Waals surface area contributed by atoms with Crippen LogP contribution < -0.4 is 5.32 Å². The van der Waals surface area contributed by atoms with Gasteiger partial charge in [0.25, 0.3) is 0 Å². The Kier molecular flexibility index (Phi) is 5.88. The van der Waals surface area contributed by atoms with Crippen molar-refractivity contribution in [2.45, 2.75) is 51.0 Å². The highest BCUT2D eigenvalue weighted by Gasteiger charge is 2.33. The van der Waals surface area contributed by atoms with Crippen LogP contribution in [0, 0.1) is 11.3 Å². The molecular weight excluding hydrogens is 368 g/mol. The van der Waals surface area contributed by atoms with Gasteiger partial charge in [0.05, 0.1) is 6.04 Å². The van der Waals surface area contributed by atoms with Crippen molar-refractivity contribution in [1.82, 2.24) is 10.2 Å². The predicted molar refractivity (Wildman–Crippen MR) is 106 cm³/mol. The van der Waals surface area contributed by atoms with Gasteiger partial charge in [0.15, 0.2) is 0 Å². The lowest BCUT2D eigenvalue weighted by atomic mass is 9.90. The second-order valence-corrected chi connectivity index (χ2v) is 9.77. The second kappa shape index (κ2) is 7.81. The highest BCUT2D eigenvalue weighted by Crippen LogP contribution is 2.38. The van der Waals surface area contributed by atoms with Crippen molar-refractivity contribution in [3.05, 3.63) is 28.8 Å². The maximum absolute atomic E-state index is 12.8. The van der Waals surface area contributed by atoms with Crippen LogP contribution in [0.25, 0.3) is 0 Å². The number of thioether (sulfide) groups is 1. The van der Waals surface area contributed by atoms with Gasteiger partial charge in [-0.25, -0.2) is 0 Å². The van der Waals surface area contributed by atoms with E-state index in [0.29, 0.717) is 18.1 Å². The van der Waals surface area contributed by atoms with E-state index in [-0.39, 0.29) is 29.2 Å². The Hall–Kier alpha value is -1.20. The van der Waals surface area contributed by atoms with Crippen LogP contribution in [0.3, 0.4) is 0 Å². The van der Waals surface area contributed by atoms with Gasteiger partial charge in [-0.15, -0.1) is 11.8 Å². The van der Waals surface area contributed by atoms with Crippen molar-refractivity contribution in [2.75, 3.05) is 18.8 Å². The van der Waals surface area contributed by atoms with Gasteiger partial charge in [0, 0.05) is 40.1 Å². The van der Waals surface area contributed by atoms with E-state index in [1.807, 2.05) is 55.6 Å². The Bertz CT molecular complexity index is 694. The smallest absolute Gasteiger partial charge is 0.227 e. The molecule has 0 saturated carbocycles. The molecule has 1 atom stereocenters. The maximum Gasteiger partial charge on any atom is 0.227 e. The molecule has 1 aromatic carbocycles. The first-order valence-electron chi connectivity index (χ1n) is 9.27. The summed E-state index contributed by atoms with van der Waals surface area (Å²) in [5, 5.41) is 3.94. The number of rotatable bonds is 2. The topological polar surface area (TPSA) is 49.4 Å². The maximum atomic E-state index is 12.8. The molecule has 26 heavy (non-hydrogen) atoms. The van der Waals surface area contributed by atoms with Crippen LogP contribution in [0.5, 0.6) is 0 Å². The molecule has 1 aromatic rings. The molecule has 6 heteroatoms. The van der Waals surface area contributed by atoms with Crippen molar-refractivity contribution in [3.63, 3.8) is 0 Å². The standard InChI is InChI=1S/C20H27ClN2O2S/c1-20(2,3)19(25)23-9-6-13(7-10-23)18(24)22-16-8-11-26-17-5-4-14(21)12-15(16)17/h4-5,12-13,16H,6-11H2,1-3H3,(H,22,24). The normalized spacial score (nSPS) is 21.2. The molecule has 0 spiro atoms. The lowest BCUT2D eigenvalue weighted by molar-refractivity contribution is -0.142. The van der Waals surface area contributed by atoms with Crippen LogP contribution in [0.1, 0.15) is 51.6 Å². The Morgan fingerprint density at radius 3 is 2.54 bits per heavy atom. The molecular formula is C20H27ClN2O2S. The van der Waals surface area contributed by atoms with Crippen LogP contribution in [-0.2, 0) is 9.59 Å². The molecule has 0 aromatic heterocycles. The quantitative estimate of drug-likeness (QED) is 0.814. The van der Waals surface area contributed by atoms with Crippen molar-refractivity contribution in [2.24, 2.45) is 11.3 Å². The molecule has 1 saturated heterocycles. The Morgan fingerprint density at radius 2 is 1.88 bits per heavy atom. The van der Waals surface area contributed by atoms with Gasteiger partial charge >= 0.3 is 0 Å². The number of fused-ring (bicyclic) bond motifs is 1. The van der Waals surface area contributed by atoms with E-state index >= 15 is 0 Å². The summed E-state index contributed by atoms with van der Waals surface area (Å²) in [6.07, 6.45) is 2.39. The summed E-state index contributed by atoms with van der Waals surface area (Å²) < 4.78 is 0. The third kappa shape index (κ3) is 4.37. The molecule has 1 N–H and O–H groups in total. The molecule has 1 fully saturated rings.